The molecular weight excluding hydrogens is 392 g/mol. The van der Waals surface area contributed by atoms with Crippen LogP contribution in [0.4, 0.5) is 0 Å². The smallest absolute Gasteiger partial charge is 0.337 e. The van der Waals surface area contributed by atoms with E-state index in [-0.39, 0.29) is 10.5 Å². The number of hydrogen-bond donors (Lipinski definition) is 0. The van der Waals surface area contributed by atoms with Crippen LogP contribution in [0.15, 0.2) is 76.4 Å². The van der Waals surface area contributed by atoms with Gasteiger partial charge in [-0.3, -0.25) is 9.59 Å². The molecule has 28 heavy (non-hydrogen) atoms. The Kier molecular flexibility index (Phi) is 4.98. The van der Waals surface area contributed by atoms with E-state index in [4.69, 9.17) is 0 Å². The van der Waals surface area contributed by atoms with Gasteiger partial charge in [-0.2, -0.15) is 0 Å². The number of ether oxygens (including phenoxy) is 1. The fourth-order valence-electron chi connectivity index (χ4n) is 2.92. The number of carbonyl (C=O) groups excluding carboxylic acids is 2. The van der Waals surface area contributed by atoms with Crippen LogP contribution >= 0.6 is 23.1 Å². The Hall–Kier alpha value is -2.96. The van der Waals surface area contributed by atoms with Gasteiger partial charge in [0.15, 0.2) is 5.43 Å². The van der Waals surface area contributed by atoms with Crippen molar-refractivity contribution < 1.29 is 14.3 Å². The predicted molar refractivity (Wildman–Crippen MR) is 114 cm³/mol. The third kappa shape index (κ3) is 3.32. The van der Waals surface area contributed by atoms with E-state index in [0.717, 1.165) is 16.5 Å². The molecule has 6 heteroatoms. The Morgan fingerprint density at radius 3 is 2.36 bits per heavy atom. The molecule has 0 fully saturated rings. The lowest BCUT2D eigenvalue weighted by molar-refractivity contribution is 0.0600. The van der Waals surface area contributed by atoms with Crippen LogP contribution in [0.25, 0.3) is 20.2 Å². The summed E-state index contributed by atoms with van der Waals surface area (Å²) in [6, 6.07) is 19.3. The molecule has 4 rings (SSSR count). The summed E-state index contributed by atoms with van der Waals surface area (Å²) in [4.78, 5) is 38.0. The Morgan fingerprint density at radius 1 is 0.893 bits per heavy atom. The van der Waals surface area contributed by atoms with Crippen molar-refractivity contribution in [1.82, 2.24) is 0 Å². The second-order valence-electron chi connectivity index (χ2n) is 6.02. The molecule has 4 nitrogen and oxygen atoms in total. The molecule has 0 bridgehead atoms. The number of carbonyl (C=O) groups is 2. The van der Waals surface area contributed by atoms with E-state index in [1.165, 1.54) is 18.4 Å². The SMILES string of the molecule is COC(=O)c1ccc(SC(=O)c2cccc3c(=O)c4ccccc4sc23)cc1. The molecule has 0 aliphatic heterocycles. The first-order valence-corrected chi connectivity index (χ1v) is 10.1. The summed E-state index contributed by atoms with van der Waals surface area (Å²) in [6.07, 6.45) is 0. The van der Waals surface area contributed by atoms with Crippen molar-refractivity contribution in [3.63, 3.8) is 0 Å². The minimum Gasteiger partial charge on any atom is -0.465 e. The molecule has 0 amide bonds. The molecule has 3 aromatic carbocycles. The second-order valence-corrected chi connectivity index (χ2v) is 8.11. The van der Waals surface area contributed by atoms with Crippen LogP contribution < -0.4 is 5.43 Å². The number of esters is 1. The fraction of sp³-hybridized carbons (Fsp3) is 0.0455. The third-order valence-electron chi connectivity index (χ3n) is 4.31. The second kappa shape index (κ2) is 7.58. The van der Waals surface area contributed by atoms with Crippen LogP contribution in [-0.4, -0.2) is 18.2 Å². The van der Waals surface area contributed by atoms with Gasteiger partial charge in [0.05, 0.1) is 17.4 Å². The minimum atomic E-state index is -0.423. The van der Waals surface area contributed by atoms with Gasteiger partial charge in [-0.05, 0) is 60.3 Å². The zero-order chi connectivity index (χ0) is 19.7. The number of benzene rings is 3. The van der Waals surface area contributed by atoms with Crippen LogP contribution in [0.1, 0.15) is 20.7 Å². The first-order chi connectivity index (χ1) is 13.6. The quantitative estimate of drug-likeness (QED) is 0.268. The van der Waals surface area contributed by atoms with Crippen molar-refractivity contribution in [1.29, 1.82) is 0 Å². The van der Waals surface area contributed by atoms with Crippen LogP contribution in [0, 0.1) is 0 Å². The van der Waals surface area contributed by atoms with Gasteiger partial charge in [-0.25, -0.2) is 4.79 Å². The summed E-state index contributed by atoms with van der Waals surface area (Å²) in [5.41, 5.74) is 0.868. The Bertz CT molecular complexity index is 1270. The van der Waals surface area contributed by atoms with Crippen molar-refractivity contribution in [2.75, 3.05) is 7.11 Å². The Balaban J connectivity index is 1.73. The molecule has 4 aromatic rings. The zero-order valence-corrected chi connectivity index (χ0v) is 16.4. The van der Waals surface area contributed by atoms with Gasteiger partial charge in [0.2, 0.25) is 5.12 Å². The largest absolute Gasteiger partial charge is 0.465 e. The van der Waals surface area contributed by atoms with Gasteiger partial charge in [0.1, 0.15) is 0 Å². The minimum absolute atomic E-state index is 0.0635. The average Bonchev–Trinajstić information content (AvgIpc) is 2.73. The molecule has 0 atom stereocenters. The van der Waals surface area contributed by atoms with Crippen molar-refractivity contribution in [2.24, 2.45) is 0 Å². The topological polar surface area (TPSA) is 60.4 Å². The molecule has 0 unspecified atom stereocenters. The number of thioether (sulfide) groups is 1. The number of fused-ring (bicyclic) bond motifs is 2. The monoisotopic (exact) mass is 406 g/mol. The van der Waals surface area contributed by atoms with Crippen LogP contribution in [0.5, 0.6) is 0 Å². The maximum Gasteiger partial charge on any atom is 0.337 e. The van der Waals surface area contributed by atoms with E-state index in [1.54, 1.807) is 48.5 Å². The maximum absolute atomic E-state index is 12.9. The molecule has 0 spiro atoms. The van der Waals surface area contributed by atoms with Gasteiger partial charge >= 0.3 is 5.97 Å². The van der Waals surface area contributed by atoms with Crippen molar-refractivity contribution in [3.05, 3.63) is 88.1 Å². The number of rotatable bonds is 3. The molecule has 0 radical (unpaired) electrons. The lowest BCUT2D eigenvalue weighted by Gasteiger charge is -2.07. The molecular formula is C22H14O4S2. The highest BCUT2D eigenvalue weighted by atomic mass is 32.2. The highest BCUT2D eigenvalue weighted by molar-refractivity contribution is 8.14. The lowest BCUT2D eigenvalue weighted by Crippen LogP contribution is -2.04. The normalized spacial score (nSPS) is 10.9. The fourth-order valence-corrected chi connectivity index (χ4v) is 4.93. The van der Waals surface area contributed by atoms with E-state index in [2.05, 4.69) is 4.74 Å². The van der Waals surface area contributed by atoms with Gasteiger partial charge < -0.3 is 4.74 Å². The Morgan fingerprint density at radius 2 is 1.61 bits per heavy atom. The van der Waals surface area contributed by atoms with E-state index in [1.807, 2.05) is 18.2 Å². The maximum atomic E-state index is 12.9. The summed E-state index contributed by atoms with van der Waals surface area (Å²) < 4.78 is 6.22. The van der Waals surface area contributed by atoms with Gasteiger partial charge in [-0.15, -0.1) is 11.3 Å². The summed E-state index contributed by atoms with van der Waals surface area (Å²) in [5.74, 6) is -0.423. The summed E-state index contributed by atoms with van der Waals surface area (Å²) in [6.45, 7) is 0. The van der Waals surface area contributed by atoms with E-state index < -0.39 is 5.97 Å². The van der Waals surface area contributed by atoms with Crippen molar-refractivity contribution in [3.8, 4) is 0 Å². The van der Waals surface area contributed by atoms with Gasteiger partial charge in [-0.1, -0.05) is 18.2 Å². The summed E-state index contributed by atoms with van der Waals surface area (Å²) >= 11 is 2.51. The zero-order valence-electron chi connectivity index (χ0n) is 14.8. The lowest BCUT2D eigenvalue weighted by atomic mass is 10.1. The van der Waals surface area contributed by atoms with Crippen LogP contribution in [0.3, 0.4) is 0 Å². The molecule has 0 aliphatic carbocycles. The number of methoxy groups -OCH3 is 1. The highest BCUT2D eigenvalue weighted by Gasteiger charge is 2.16. The number of hydrogen-bond acceptors (Lipinski definition) is 6. The molecule has 0 saturated carbocycles. The molecule has 0 saturated heterocycles. The molecule has 1 aromatic heterocycles. The highest BCUT2D eigenvalue weighted by Crippen LogP contribution is 2.31. The third-order valence-corrected chi connectivity index (χ3v) is 6.44. The van der Waals surface area contributed by atoms with Crippen molar-refractivity contribution >= 4 is 54.4 Å². The Labute approximate surface area is 168 Å². The van der Waals surface area contributed by atoms with E-state index >= 15 is 0 Å². The van der Waals surface area contributed by atoms with Crippen molar-refractivity contribution in [2.45, 2.75) is 4.90 Å². The van der Waals surface area contributed by atoms with Crippen LogP contribution in [0.2, 0.25) is 0 Å². The van der Waals surface area contributed by atoms with E-state index in [9.17, 15) is 14.4 Å². The molecule has 0 N–H and O–H groups in total. The first kappa shape index (κ1) is 18.4. The molecule has 138 valence electrons. The molecule has 1 heterocycles. The van der Waals surface area contributed by atoms with Crippen LogP contribution in [-0.2, 0) is 4.74 Å². The standard InChI is InChI=1S/C22H14O4S2/c1-26-21(24)13-9-11-14(12-10-13)27-22(25)17-7-4-6-16-19(23)15-5-2-3-8-18(15)28-20(16)17/h2-12H,1H3. The average molecular weight is 406 g/mol. The van der Waals surface area contributed by atoms with E-state index in [0.29, 0.717) is 31.5 Å². The molecule has 0 aliphatic rings. The van der Waals surface area contributed by atoms with Gasteiger partial charge in [0, 0.05) is 25.9 Å². The predicted octanol–water partition coefficient (Wildman–Crippen LogP) is 5.13. The summed E-state index contributed by atoms with van der Waals surface area (Å²) in [7, 11) is 1.32. The summed E-state index contributed by atoms with van der Waals surface area (Å²) in [5, 5.41) is 1.06. The first-order valence-electron chi connectivity index (χ1n) is 8.43. The van der Waals surface area contributed by atoms with Gasteiger partial charge in [0.25, 0.3) is 0 Å².